The molecule has 0 saturated carbocycles. The van der Waals surface area contributed by atoms with Gasteiger partial charge in [-0.15, -0.1) is 0 Å². The highest BCUT2D eigenvalue weighted by Gasteiger charge is 2.68. The third kappa shape index (κ3) is 4.06. The van der Waals surface area contributed by atoms with Crippen molar-refractivity contribution in [1.82, 2.24) is 0 Å². The van der Waals surface area contributed by atoms with Gasteiger partial charge in [0.2, 0.25) is 0 Å². The van der Waals surface area contributed by atoms with Crippen LogP contribution in [0.25, 0.3) is 0 Å². The van der Waals surface area contributed by atoms with E-state index in [2.05, 4.69) is 0 Å². The number of alkyl halides is 12. The molecule has 0 bridgehead atoms. The average Bonchev–Trinajstić information content (AvgIpc) is 2.22. The quantitative estimate of drug-likeness (QED) is 0.410. The number of allylic oxidation sites excluding steroid dienone is 2. The molecule has 138 valence electrons. The molecule has 0 rings (SSSR count). The van der Waals surface area contributed by atoms with E-state index >= 15 is 0 Å². The van der Waals surface area contributed by atoms with Crippen LogP contribution in [0.5, 0.6) is 0 Å². The predicted octanol–water partition coefficient (Wildman–Crippen LogP) is 6.19. The summed E-state index contributed by atoms with van der Waals surface area (Å²) in [5.74, 6) is 0. The van der Waals surface area contributed by atoms with Crippen molar-refractivity contribution >= 4 is 0 Å². The second kappa shape index (κ2) is 5.76. The van der Waals surface area contributed by atoms with Crippen LogP contribution in [0.4, 0.5) is 52.7 Å². The van der Waals surface area contributed by atoms with Crippen molar-refractivity contribution in [2.75, 3.05) is 0 Å². The fourth-order valence-corrected chi connectivity index (χ4v) is 1.27. The molecule has 0 radical (unpaired) electrons. The van der Waals surface area contributed by atoms with E-state index in [1.807, 2.05) is 0 Å². The number of rotatable bonds is 3. The first kappa shape index (κ1) is 21.9. The molecule has 0 heterocycles. The molecule has 0 aromatic carbocycles. The van der Waals surface area contributed by atoms with Crippen molar-refractivity contribution in [2.24, 2.45) is 10.8 Å². The maximum absolute atomic E-state index is 12.5. The van der Waals surface area contributed by atoms with Crippen molar-refractivity contribution in [3.63, 3.8) is 0 Å². The largest absolute Gasteiger partial charge is 0.406 e. The van der Waals surface area contributed by atoms with Crippen LogP contribution >= 0.6 is 0 Å². The van der Waals surface area contributed by atoms with E-state index < -0.39 is 54.1 Å². The van der Waals surface area contributed by atoms with Gasteiger partial charge in [0, 0.05) is 0 Å². The van der Waals surface area contributed by atoms with Crippen LogP contribution in [0, 0.1) is 10.8 Å². The van der Waals surface area contributed by atoms with Crippen molar-refractivity contribution in [2.45, 2.75) is 45.0 Å². The van der Waals surface area contributed by atoms with Gasteiger partial charge in [-0.2, -0.15) is 52.7 Å². The van der Waals surface area contributed by atoms with Crippen LogP contribution < -0.4 is 0 Å². The highest BCUT2D eigenvalue weighted by molar-refractivity contribution is 5.08. The molecule has 0 fully saturated rings. The number of hydrogen-bond acceptors (Lipinski definition) is 0. The predicted molar refractivity (Wildman–Crippen MR) is 54.2 cm³/mol. The zero-order chi connectivity index (χ0) is 19.1. The number of hydrogen-bond donors (Lipinski definition) is 0. The third-order valence-corrected chi connectivity index (χ3v) is 3.41. The third-order valence-electron chi connectivity index (χ3n) is 3.41. The summed E-state index contributed by atoms with van der Waals surface area (Å²) >= 11 is 0. The molecular formula is C11H10F12. The average molecular weight is 370 g/mol. The summed E-state index contributed by atoms with van der Waals surface area (Å²) < 4.78 is 150. The molecule has 0 spiro atoms. The van der Waals surface area contributed by atoms with Gasteiger partial charge in [-0.05, 0) is 20.3 Å². The molecule has 0 saturated heterocycles. The Morgan fingerprint density at radius 2 is 0.870 bits per heavy atom. The summed E-state index contributed by atoms with van der Waals surface area (Å²) in [5, 5.41) is 0. The molecule has 12 heteroatoms. The molecule has 0 N–H and O–H groups in total. The van der Waals surface area contributed by atoms with E-state index in [-0.39, 0.29) is 13.8 Å². The smallest absolute Gasteiger partial charge is 0.170 e. The summed E-state index contributed by atoms with van der Waals surface area (Å²) in [7, 11) is 0. The second-order valence-electron chi connectivity index (χ2n) is 5.13. The highest BCUT2D eigenvalue weighted by atomic mass is 19.4. The summed E-state index contributed by atoms with van der Waals surface area (Å²) in [6, 6.07) is 0. The van der Waals surface area contributed by atoms with Crippen LogP contribution in [-0.2, 0) is 0 Å². The Hall–Kier alpha value is -1.10. The summed E-state index contributed by atoms with van der Waals surface area (Å²) in [4.78, 5) is 0. The van der Waals surface area contributed by atoms with Crippen molar-refractivity contribution < 1.29 is 52.7 Å². The molecular weight excluding hydrogens is 360 g/mol. The summed E-state index contributed by atoms with van der Waals surface area (Å²) in [6.07, 6.45) is -27.0. The Labute approximate surface area is 122 Å². The Balaban J connectivity index is 5.76. The van der Waals surface area contributed by atoms with Gasteiger partial charge < -0.3 is 0 Å². The zero-order valence-corrected chi connectivity index (χ0v) is 11.4. The minimum absolute atomic E-state index is 0.351. The van der Waals surface area contributed by atoms with Crippen molar-refractivity contribution in [3.05, 3.63) is 12.2 Å². The van der Waals surface area contributed by atoms with E-state index in [1.54, 1.807) is 0 Å². The van der Waals surface area contributed by atoms with Gasteiger partial charge in [0.15, 0.2) is 10.8 Å². The van der Waals surface area contributed by atoms with Crippen LogP contribution in [0.15, 0.2) is 12.2 Å². The van der Waals surface area contributed by atoms with Crippen LogP contribution in [0.2, 0.25) is 0 Å². The molecule has 0 amide bonds. The van der Waals surface area contributed by atoms with Gasteiger partial charge in [-0.3, -0.25) is 0 Å². The lowest BCUT2D eigenvalue weighted by molar-refractivity contribution is -0.333. The normalized spacial score (nSPS) is 16.3. The molecule has 0 unspecified atom stereocenters. The lowest BCUT2D eigenvalue weighted by Gasteiger charge is -2.34. The first-order valence-corrected chi connectivity index (χ1v) is 5.65. The topological polar surface area (TPSA) is 0 Å². The molecule has 0 aliphatic rings. The van der Waals surface area contributed by atoms with Crippen LogP contribution in [-0.4, -0.2) is 24.7 Å². The Bertz CT molecular complexity index is 402. The Morgan fingerprint density at radius 3 is 1.09 bits per heavy atom. The maximum atomic E-state index is 12.5. The first-order chi connectivity index (χ1) is 9.71. The first-order valence-electron chi connectivity index (χ1n) is 5.65. The van der Waals surface area contributed by atoms with Gasteiger partial charge in [0.1, 0.15) is 0 Å². The Morgan fingerprint density at radius 1 is 0.565 bits per heavy atom. The van der Waals surface area contributed by atoms with Crippen LogP contribution in [0.1, 0.15) is 20.3 Å². The maximum Gasteiger partial charge on any atom is 0.406 e. The van der Waals surface area contributed by atoms with E-state index in [1.165, 1.54) is 0 Å². The molecule has 23 heavy (non-hydrogen) atoms. The monoisotopic (exact) mass is 370 g/mol. The van der Waals surface area contributed by atoms with E-state index in [0.29, 0.717) is 0 Å². The molecule has 0 nitrogen and oxygen atoms in total. The molecule has 0 aromatic heterocycles. The van der Waals surface area contributed by atoms with Crippen molar-refractivity contribution in [1.29, 1.82) is 0 Å². The number of halogens is 12. The zero-order valence-electron chi connectivity index (χ0n) is 11.4. The Kier molecular flexibility index (Phi) is 5.49. The summed E-state index contributed by atoms with van der Waals surface area (Å²) in [6.45, 7) is -0.738. The van der Waals surface area contributed by atoms with Gasteiger partial charge in [0.05, 0.1) is 0 Å². The minimum atomic E-state index is -5.95. The molecule has 0 atom stereocenters. The second-order valence-corrected chi connectivity index (χ2v) is 5.13. The minimum Gasteiger partial charge on any atom is -0.170 e. The summed E-state index contributed by atoms with van der Waals surface area (Å²) in [5.41, 5.74) is -9.05. The molecule has 0 aromatic rings. The van der Waals surface area contributed by atoms with Gasteiger partial charge in [-0.25, -0.2) is 0 Å². The lowest BCUT2D eigenvalue weighted by atomic mass is 9.82. The fourth-order valence-electron chi connectivity index (χ4n) is 1.27. The molecule has 0 aliphatic heterocycles. The standard InChI is InChI=1S/C11H10F12/c1-6(8(12,13)14,9(15,16)17)4-3-5-7(2,10(18,19)20)11(21,22)23/h3-4H,5H2,1-2H3/b4-3+. The van der Waals surface area contributed by atoms with E-state index in [4.69, 9.17) is 0 Å². The van der Waals surface area contributed by atoms with E-state index in [0.717, 1.165) is 0 Å². The molecule has 0 aliphatic carbocycles. The fraction of sp³-hybridized carbons (Fsp3) is 0.818. The lowest BCUT2D eigenvalue weighted by Crippen LogP contribution is -2.48. The van der Waals surface area contributed by atoms with Gasteiger partial charge in [0.25, 0.3) is 0 Å². The highest BCUT2D eigenvalue weighted by Crippen LogP contribution is 2.54. The van der Waals surface area contributed by atoms with Gasteiger partial charge >= 0.3 is 24.7 Å². The van der Waals surface area contributed by atoms with Crippen LogP contribution in [0.3, 0.4) is 0 Å². The SMILES string of the molecule is CC(/C=C/CC(C)(C(F)(F)F)C(F)(F)F)(C(F)(F)F)C(F)(F)F. The van der Waals surface area contributed by atoms with Gasteiger partial charge in [-0.1, -0.05) is 12.2 Å². The van der Waals surface area contributed by atoms with E-state index in [9.17, 15) is 52.7 Å². The van der Waals surface area contributed by atoms with Crippen molar-refractivity contribution in [3.8, 4) is 0 Å².